The summed E-state index contributed by atoms with van der Waals surface area (Å²) in [5, 5.41) is 1.33. The van der Waals surface area contributed by atoms with Crippen molar-refractivity contribution in [2.24, 2.45) is 0 Å². The molecule has 0 spiro atoms. The number of nitrogen functional groups attached to an aromatic ring is 1. The summed E-state index contributed by atoms with van der Waals surface area (Å²) in [4.78, 5) is 16.7. The molecule has 3 aromatic rings. The highest BCUT2D eigenvalue weighted by molar-refractivity contribution is 6.31. The van der Waals surface area contributed by atoms with Gasteiger partial charge in [-0.25, -0.2) is 9.78 Å². The van der Waals surface area contributed by atoms with E-state index in [2.05, 4.69) is 4.98 Å². The molecular weight excluding hydrogens is 312 g/mol. The topological polar surface area (TPSA) is 65.2 Å². The lowest BCUT2D eigenvalue weighted by Gasteiger charge is -2.14. The average Bonchev–Trinajstić information content (AvgIpc) is 2.55. The van der Waals surface area contributed by atoms with Gasteiger partial charge in [-0.3, -0.25) is 0 Å². The van der Waals surface area contributed by atoms with E-state index in [0.717, 1.165) is 10.9 Å². The summed E-state index contributed by atoms with van der Waals surface area (Å²) in [5.74, 6) is -0.338. The van der Waals surface area contributed by atoms with E-state index in [1.807, 2.05) is 30.3 Å². The van der Waals surface area contributed by atoms with Crippen molar-refractivity contribution in [1.82, 2.24) is 4.98 Å². The molecule has 3 rings (SSSR count). The van der Waals surface area contributed by atoms with Crippen molar-refractivity contribution >= 4 is 34.3 Å². The standard InChI is InChI=1S/C18H15ClN2O2/c1-2-23-18(22)16-15(11-6-4-3-5-7-11)13-10-12(19)8-9-14(13)21-17(16)20/h3-10H,2H2,1H3,(H2,20,21). The van der Waals surface area contributed by atoms with Gasteiger partial charge in [0.1, 0.15) is 11.4 Å². The minimum absolute atomic E-state index is 0.150. The molecule has 0 amide bonds. The third-order valence-corrected chi connectivity index (χ3v) is 3.75. The predicted molar refractivity (Wildman–Crippen MR) is 92.6 cm³/mol. The number of aromatic nitrogens is 1. The Bertz CT molecular complexity index is 879. The highest BCUT2D eigenvalue weighted by atomic mass is 35.5. The van der Waals surface area contributed by atoms with E-state index in [0.29, 0.717) is 16.1 Å². The number of esters is 1. The number of carbonyl (C=O) groups is 1. The summed E-state index contributed by atoms with van der Waals surface area (Å²) >= 11 is 6.14. The van der Waals surface area contributed by atoms with Crippen LogP contribution in [0, 0.1) is 0 Å². The molecule has 116 valence electrons. The fourth-order valence-corrected chi connectivity index (χ4v) is 2.74. The van der Waals surface area contributed by atoms with Gasteiger partial charge in [0.05, 0.1) is 12.1 Å². The van der Waals surface area contributed by atoms with Crippen molar-refractivity contribution in [3.8, 4) is 11.1 Å². The number of halogens is 1. The van der Waals surface area contributed by atoms with Crippen LogP contribution in [0.15, 0.2) is 48.5 Å². The lowest BCUT2D eigenvalue weighted by atomic mass is 9.95. The SMILES string of the molecule is CCOC(=O)c1c(N)nc2ccc(Cl)cc2c1-c1ccccc1. The number of nitrogens with zero attached hydrogens (tertiary/aromatic N) is 1. The first-order valence-corrected chi connectivity index (χ1v) is 7.61. The van der Waals surface area contributed by atoms with Gasteiger partial charge in [0.2, 0.25) is 0 Å². The van der Waals surface area contributed by atoms with Crippen molar-refractivity contribution in [3.63, 3.8) is 0 Å². The summed E-state index contributed by atoms with van der Waals surface area (Å²) < 4.78 is 5.16. The third kappa shape index (κ3) is 2.85. The first-order chi connectivity index (χ1) is 11.1. The number of hydrogen-bond donors (Lipinski definition) is 1. The molecule has 0 saturated heterocycles. The van der Waals surface area contributed by atoms with Crippen LogP contribution < -0.4 is 5.73 Å². The Balaban J connectivity index is 2.41. The molecule has 4 nitrogen and oxygen atoms in total. The summed E-state index contributed by atoms with van der Waals surface area (Å²) in [6, 6.07) is 14.9. The zero-order valence-corrected chi connectivity index (χ0v) is 13.3. The van der Waals surface area contributed by atoms with E-state index in [1.54, 1.807) is 25.1 Å². The van der Waals surface area contributed by atoms with Crippen LogP contribution in [-0.4, -0.2) is 17.6 Å². The second-order valence-corrected chi connectivity index (χ2v) is 5.43. The number of carbonyl (C=O) groups excluding carboxylic acids is 1. The number of ether oxygens (including phenoxy) is 1. The van der Waals surface area contributed by atoms with Gasteiger partial charge in [0.15, 0.2) is 0 Å². The summed E-state index contributed by atoms with van der Waals surface area (Å²) in [5.41, 5.74) is 8.55. The van der Waals surface area contributed by atoms with E-state index < -0.39 is 5.97 Å². The fourth-order valence-electron chi connectivity index (χ4n) is 2.57. The van der Waals surface area contributed by atoms with Crippen LogP contribution in [0.2, 0.25) is 5.02 Å². The molecule has 5 heteroatoms. The molecule has 0 saturated carbocycles. The third-order valence-electron chi connectivity index (χ3n) is 3.52. The number of fused-ring (bicyclic) bond motifs is 1. The molecule has 23 heavy (non-hydrogen) atoms. The van der Waals surface area contributed by atoms with E-state index in [9.17, 15) is 4.79 Å². The van der Waals surface area contributed by atoms with E-state index in [4.69, 9.17) is 22.1 Å². The van der Waals surface area contributed by atoms with Gasteiger partial charge < -0.3 is 10.5 Å². The predicted octanol–water partition coefficient (Wildman–Crippen LogP) is 4.31. The normalized spacial score (nSPS) is 10.7. The van der Waals surface area contributed by atoms with Crippen LogP contribution in [0.25, 0.3) is 22.0 Å². The zero-order chi connectivity index (χ0) is 16.4. The largest absolute Gasteiger partial charge is 0.462 e. The van der Waals surface area contributed by atoms with Crippen LogP contribution in [0.4, 0.5) is 5.82 Å². The van der Waals surface area contributed by atoms with Gasteiger partial charge in [-0.2, -0.15) is 0 Å². The first kappa shape index (κ1) is 15.3. The van der Waals surface area contributed by atoms with Gasteiger partial charge in [0, 0.05) is 16.0 Å². The molecule has 1 heterocycles. The Morgan fingerprint density at radius 3 is 2.65 bits per heavy atom. The molecular formula is C18H15ClN2O2. The summed E-state index contributed by atoms with van der Waals surface area (Å²) in [6.45, 7) is 2.02. The summed E-state index contributed by atoms with van der Waals surface area (Å²) in [7, 11) is 0. The number of hydrogen-bond acceptors (Lipinski definition) is 4. The number of pyridine rings is 1. The fraction of sp³-hybridized carbons (Fsp3) is 0.111. The molecule has 0 atom stereocenters. The Labute approximate surface area is 138 Å². The molecule has 0 fully saturated rings. The maximum absolute atomic E-state index is 12.4. The van der Waals surface area contributed by atoms with E-state index in [-0.39, 0.29) is 18.0 Å². The van der Waals surface area contributed by atoms with Crippen molar-refractivity contribution in [2.75, 3.05) is 12.3 Å². The Hall–Kier alpha value is -2.59. The monoisotopic (exact) mass is 326 g/mol. The molecule has 0 unspecified atom stereocenters. The maximum atomic E-state index is 12.4. The molecule has 0 aliphatic carbocycles. The minimum Gasteiger partial charge on any atom is -0.462 e. The number of anilines is 1. The van der Waals surface area contributed by atoms with Crippen LogP contribution in [0.3, 0.4) is 0 Å². The Morgan fingerprint density at radius 1 is 1.22 bits per heavy atom. The van der Waals surface area contributed by atoms with Crippen LogP contribution in [0.5, 0.6) is 0 Å². The number of rotatable bonds is 3. The van der Waals surface area contributed by atoms with Gasteiger partial charge >= 0.3 is 5.97 Å². The first-order valence-electron chi connectivity index (χ1n) is 7.23. The van der Waals surface area contributed by atoms with Gasteiger partial charge in [-0.05, 0) is 30.7 Å². The Morgan fingerprint density at radius 2 is 1.96 bits per heavy atom. The van der Waals surface area contributed by atoms with Crippen LogP contribution >= 0.6 is 11.6 Å². The van der Waals surface area contributed by atoms with Crippen LogP contribution in [0.1, 0.15) is 17.3 Å². The minimum atomic E-state index is -0.488. The molecule has 2 aromatic carbocycles. The van der Waals surface area contributed by atoms with Crippen molar-refractivity contribution < 1.29 is 9.53 Å². The van der Waals surface area contributed by atoms with Crippen LogP contribution in [-0.2, 0) is 4.74 Å². The number of benzene rings is 2. The Kier molecular flexibility index (Phi) is 4.17. The molecule has 0 radical (unpaired) electrons. The second kappa shape index (κ2) is 6.26. The second-order valence-electron chi connectivity index (χ2n) is 5.00. The average molecular weight is 327 g/mol. The van der Waals surface area contributed by atoms with Crippen molar-refractivity contribution in [1.29, 1.82) is 0 Å². The van der Waals surface area contributed by atoms with E-state index in [1.165, 1.54) is 0 Å². The lowest BCUT2D eigenvalue weighted by molar-refractivity contribution is 0.0528. The highest BCUT2D eigenvalue weighted by Gasteiger charge is 2.22. The van der Waals surface area contributed by atoms with E-state index >= 15 is 0 Å². The molecule has 0 aliphatic rings. The van der Waals surface area contributed by atoms with Crippen molar-refractivity contribution in [2.45, 2.75) is 6.92 Å². The molecule has 2 N–H and O–H groups in total. The lowest BCUT2D eigenvalue weighted by Crippen LogP contribution is -2.12. The number of nitrogens with two attached hydrogens (primary N) is 1. The quantitative estimate of drug-likeness (QED) is 0.728. The van der Waals surface area contributed by atoms with Crippen molar-refractivity contribution in [3.05, 3.63) is 59.1 Å². The highest BCUT2D eigenvalue weighted by Crippen LogP contribution is 2.35. The van der Waals surface area contributed by atoms with Gasteiger partial charge in [-0.15, -0.1) is 0 Å². The molecule has 0 aliphatic heterocycles. The van der Waals surface area contributed by atoms with Gasteiger partial charge in [0.25, 0.3) is 0 Å². The van der Waals surface area contributed by atoms with Gasteiger partial charge in [-0.1, -0.05) is 41.9 Å². The zero-order valence-electron chi connectivity index (χ0n) is 12.5. The molecule has 1 aromatic heterocycles. The summed E-state index contributed by atoms with van der Waals surface area (Å²) in [6.07, 6.45) is 0. The molecule has 0 bridgehead atoms. The maximum Gasteiger partial charge on any atom is 0.342 e. The smallest absolute Gasteiger partial charge is 0.342 e.